The monoisotopic (exact) mass is 419 g/mol. The zero-order chi connectivity index (χ0) is 19.0. The van der Waals surface area contributed by atoms with Gasteiger partial charge in [-0.1, -0.05) is 34.1 Å². The fraction of sp³-hybridized carbons (Fsp3) is 0.294. The predicted octanol–water partition coefficient (Wildman–Crippen LogP) is 1.07. The van der Waals surface area contributed by atoms with Gasteiger partial charge in [-0.15, -0.1) is 0 Å². The average molecular weight is 420 g/mol. The normalized spacial score (nSPS) is 12.3. The van der Waals surface area contributed by atoms with E-state index >= 15 is 0 Å². The number of amides is 1. The van der Waals surface area contributed by atoms with Crippen molar-refractivity contribution in [3.05, 3.63) is 61.5 Å². The van der Waals surface area contributed by atoms with E-state index < -0.39 is 17.2 Å². The van der Waals surface area contributed by atoms with Crippen LogP contribution in [0.5, 0.6) is 0 Å². The van der Waals surface area contributed by atoms with Crippen molar-refractivity contribution in [2.45, 2.75) is 19.5 Å². The topological polar surface area (TPSA) is 90.9 Å². The number of hydrogen-bond acceptors (Lipinski definition) is 4. The Hall–Kier alpha value is -2.68. The van der Waals surface area contributed by atoms with Crippen LogP contribution in [-0.4, -0.2) is 24.6 Å². The number of rotatable bonds is 4. The van der Waals surface area contributed by atoms with E-state index in [2.05, 4.69) is 26.2 Å². The molecule has 2 heterocycles. The molecule has 0 saturated heterocycles. The van der Waals surface area contributed by atoms with Gasteiger partial charge in [-0.2, -0.15) is 0 Å². The lowest BCUT2D eigenvalue weighted by molar-refractivity contribution is -0.122. The second-order valence-corrected chi connectivity index (χ2v) is 6.93. The number of fused-ring (bicyclic) bond motifs is 1. The summed E-state index contributed by atoms with van der Waals surface area (Å²) in [5.41, 5.74) is 0.361. The van der Waals surface area contributed by atoms with Crippen LogP contribution >= 0.6 is 15.9 Å². The highest BCUT2D eigenvalue weighted by Crippen LogP contribution is 2.22. The number of benzene rings is 1. The van der Waals surface area contributed by atoms with Crippen LogP contribution < -0.4 is 16.6 Å². The van der Waals surface area contributed by atoms with Gasteiger partial charge < -0.3 is 9.88 Å². The van der Waals surface area contributed by atoms with Crippen LogP contribution in [0.1, 0.15) is 18.5 Å². The van der Waals surface area contributed by atoms with E-state index in [9.17, 15) is 14.4 Å². The number of carbonyl (C=O) groups is 1. The third-order valence-electron chi connectivity index (χ3n) is 4.25. The maximum atomic E-state index is 12.6. The highest BCUT2D eigenvalue weighted by Gasteiger charge is 2.18. The summed E-state index contributed by atoms with van der Waals surface area (Å²) in [5.74, 6) is -0.422. The van der Waals surface area contributed by atoms with Crippen molar-refractivity contribution in [3.8, 4) is 0 Å². The third kappa shape index (κ3) is 3.10. The Kier molecular flexibility index (Phi) is 4.82. The van der Waals surface area contributed by atoms with Gasteiger partial charge in [0.15, 0.2) is 11.2 Å². The van der Waals surface area contributed by atoms with Crippen molar-refractivity contribution >= 4 is 33.0 Å². The van der Waals surface area contributed by atoms with Crippen molar-refractivity contribution in [2.24, 2.45) is 14.1 Å². The van der Waals surface area contributed by atoms with Gasteiger partial charge in [0, 0.05) is 18.6 Å². The molecule has 0 radical (unpaired) electrons. The molecule has 3 rings (SSSR count). The molecule has 1 aromatic carbocycles. The molecular weight excluding hydrogens is 402 g/mol. The lowest BCUT2D eigenvalue weighted by Crippen LogP contribution is -2.43. The van der Waals surface area contributed by atoms with E-state index in [1.807, 2.05) is 31.2 Å². The summed E-state index contributed by atoms with van der Waals surface area (Å²) in [7, 11) is 3.19. The maximum absolute atomic E-state index is 12.6. The van der Waals surface area contributed by atoms with E-state index in [0.717, 1.165) is 14.6 Å². The van der Waals surface area contributed by atoms with E-state index in [4.69, 9.17) is 0 Å². The Morgan fingerprint density at radius 1 is 1.27 bits per heavy atom. The fourth-order valence-electron chi connectivity index (χ4n) is 2.87. The minimum absolute atomic E-state index is 0.277. The van der Waals surface area contributed by atoms with Gasteiger partial charge in [-0.3, -0.25) is 14.2 Å². The average Bonchev–Trinajstić information content (AvgIpc) is 2.99. The first-order valence-corrected chi connectivity index (χ1v) is 8.75. The van der Waals surface area contributed by atoms with Gasteiger partial charge >= 0.3 is 5.69 Å². The lowest BCUT2D eigenvalue weighted by atomic mass is 10.1. The molecule has 8 nitrogen and oxygen atoms in total. The van der Waals surface area contributed by atoms with Gasteiger partial charge in [0.2, 0.25) is 5.91 Å². The van der Waals surface area contributed by atoms with Crippen molar-refractivity contribution in [2.75, 3.05) is 0 Å². The Morgan fingerprint density at radius 2 is 1.96 bits per heavy atom. The van der Waals surface area contributed by atoms with Crippen LogP contribution in [0.3, 0.4) is 0 Å². The van der Waals surface area contributed by atoms with E-state index in [0.29, 0.717) is 5.65 Å². The standard InChI is InChI=1S/C17H18BrN5O3/c1-10(11-6-4-5-7-12(11)18)20-13(24)8-23-16(25)14-15(19-9-21(14)2)22(3)17(23)26/h4-7,9-10H,8H2,1-3H3,(H,20,24)/t10-/m1/s1. The summed E-state index contributed by atoms with van der Waals surface area (Å²) in [4.78, 5) is 41.6. The summed E-state index contributed by atoms with van der Waals surface area (Å²) in [5, 5.41) is 2.82. The molecule has 2 aromatic heterocycles. The SMILES string of the molecule is C[C@@H](NC(=O)Cn1c(=O)c2c(ncn2C)n(C)c1=O)c1ccccc1Br. The Bertz CT molecular complexity index is 1110. The van der Waals surface area contributed by atoms with E-state index in [1.54, 1.807) is 7.05 Å². The number of nitrogens with zero attached hydrogens (tertiary/aromatic N) is 4. The molecule has 9 heteroatoms. The van der Waals surface area contributed by atoms with Crippen LogP contribution in [0, 0.1) is 0 Å². The Morgan fingerprint density at radius 3 is 2.65 bits per heavy atom. The lowest BCUT2D eigenvalue weighted by Gasteiger charge is -2.16. The second kappa shape index (κ2) is 6.91. The van der Waals surface area contributed by atoms with Crippen LogP contribution in [0.4, 0.5) is 0 Å². The van der Waals surface area contributed by atoms with Crippen LogP contribution in [0.2, 0.25) is 0 Å². The molecule has 0 aliphatic heterocycles. The number of halogens is 1. The largest absolute Gasteiger partial charge is 0.348 e. The first-order chi connectivity index (χ1) is 12.3. The van der Waals surface area contributed by atoms with Gasteiger partial charge in [0.1, 0.15) is 6.54 Å². The first-order valence-electron chi connectivity index (χ1n) is 7.96. The Balaban J connectivity index is 1.91. The molecule has 0 unspecified atom stereocenters. The molecule has 1 N–H and O–H groups in total. The number of nitrogens with one attached hydrogen (secondary N) is 1. The molecule has 0 bridgehead atoms. The number of carbonyl (C=O) groups excluding carboxylic acids is 1. The van der Waals surface area contributed by atoms with Gasteiger partial charge in [0.05, 0.1) is 12.4 Å². The fourth-order valence-corrected chi connectivity index (χ4v) is 3.50. The van der Waals surface area contributed by atoms with Crippen LogP contribution in [0.15, 0.2) is 44.7 Å². The third-order valence-corrected chi connectivity index (χ3v) is 4.97. The zero-order valence-electron chi connectivity index (χ0n) is 14.6. The van der Waals surface area contributed by atoms with Crippen molar-refractivity contribution < 1.29 is 4.79 Å². The number of imidazole rings is 1. The highest BCUT2D eigenvalue weighted by atomic mass is 79.9. The van der Waals surface area contributed by atoms with Gasteiger partial charge in [-0.25, -0.2) is 14.3 Å². The number of hydrogen-bond donors (Lipinski definition) is 1. The van der Waals surface area contributed by atoms with Crippen molar-refractivity contribution in [1.29, 1.82) is 0 Å². The molecule has 1 atom stereocenters. The number of aryl methyl sites for hydroxylation is 2. The zero-order valence-corrected chi connectivity index (χ0v) is 16.1. The molecule has 0 spiro atoms. The summed E-state index contributed by atoms with van der Waals surface area (Å²) in [6.07, 6.45) is 1.46. The quantitative estimate of drug-likeness (QED) is 0.684. The van der Waals surface area contributed by atoms with E-state index in [-0.39, 0.29) is 18.1 Å². The van der Waals surface area contributed by atoms with Crippen molar-refractivity contribution in [3.63, 3.8) is 0 Å². The summed E-state index contributed by atoms with van der Waals surface area (Å²) >= 11 is 3.45. The molecule has 136 valence electrons. The summed E-state index contributed by atoms with van der Waals surface area (Å²) < 4.78 is 4.60. The molecule has 1 amide bonds. The molecular formula is C17H18BrN5O3. The predicted molar refractivity (Wildman–Crippen MR) is 101 cm³/mol. The van der Waals surface area contributed by atoms with Crippen LogP contribution in [0.25, 0.3) is 11.2 Å². The molecule has 3 aromatic rings. The van der Waals surface area contributed by atoms with Gasteiger partial charge in [-0.05, 0) is 18.6 Å². The van der Waals surface area contributed by atoms with E-state index in [1.165, 1.54) is 22.5 Å². The van der Waals surface area contributed by atoms with Gasteiger partial charge in [0.25, 0.3) is 5.56 Å². The minimum Gasteiger partial charge on any atom is -0.348 e. The van der Waals surface area contributed by atoms with Crippen molar-refractivity contribution in [1.82, 2.24) is 24.0 Å². The molecule has 0 aliphatic rings. The molecule has 0 aliphatic carbocycles. The molecule has 26 heavy (non-hydrogen) atoms. The molecule has 0 fully saturated rings. The number of aromatic nitrogens is 4. The minimum atomic E-state index is -0.579. The maximum Gasteiger partial charge on any atom is 0.332 e. The molecule has 0 saturated carbocycles. The second-order valence-electron chi connectivity index (χ2n) is 6.07. The smallest absolute Gasteiger partial charge is 0.332 e. The van der Waals surface area contributed by atoms with Crippen LogP contribution in [-0.2, 0) is 25.4 Å². The first kappa shape index (κ1) is 18.1. The Labute approximate surface area is 157 Å². The summed E-state index contributed by atoms with van der Waals surface area (Å²) in [6.45, 7) is 1.48. The summed E-state index contributed by atoms with van der Waals surface area (Å²) in [6, 6.07) is 7.25. The highest BCUT2D eigenvalue weighted by molar-refractivity contribution is 9.10.